The molecule has 0 radical (unpaired) electrons. The molecule has 4 rings (SSSR count). The highest BCUT2D eigenvalue weighted by molar-refractivity contribution is 7.92. The smallest absolute Gasteiger partial charge is 0.265 e. The minimum atomic E-state index is -3.84. The maximum Gasteiger partial charge on any atom is 0.265 e. The quantitative estimate of drug-likeness (QED) is 0.542. The molecule has 0 bridgehead atoms. The zero-order chi connectivity index (χ0) is 24.3. The van der Waals surface area contributed by atoms with Gasteiger partial charge in [-0.25, -0.2) is 8.42 Å². The second-order valence-corrected chi connectivity index (χ2v) is 10.0. The second-order valence-electron chi connectivity index (χ2n) is 8.38. The standard InChI is InChI=1S/C26H28N2O5S/c1-18-11-12-19(2)23(15-18)26(29)28-14-13-22(17-28)33-21-8-6-7-20(16-21)27-34(30,31)25-10-5-4-9-24(25)32-3/h4-12,15-16,22,27H,13-14,17H2,1-3H3/t22-/m0/s1. The normalized spacial score (nSPS) is 15.7. The van der Waals surface area contributed by atoms with Crippen molar-refractivity contribution in [1.82, 2.24) is 4.90 Å². The highest BCUT2D eigenvalue weighted by atomic mass is 32.2. The lowest BCUT2D eigenvalue weighted by Crippen LogP contribution is -2.31. The van der Waals surface area contributed by atoms with Gasteiger partial charge in [0.25, 0.3) is 15.9 Å². The molecule has 1 heterocycles. The van der Waals surface area contributed by atoms with E-state index in [0.717, 1.165) is 11.1 Å². The lowest BCUT2D eigenvalue weighted by Gasteiger charge is -2.19. The first-order valence-corrected chi connectivity index (χ1v) is 12.5. The van der Waals surface area contributed by atoms with Gasteiger partial charge in [0.1, 0.15) is 22.5 Å². The molecule has 7 nitrogen and oxygen atoms in total. The average molecular weight is 481 g/mol. The van der Waals surface area contributed by atoms with Gasteiger partial charge in [-0.05, 0) is 49.7 Å². The zero-order valence-corrected chi connectivity index (χ0v) is 20.3. The lowest BCUT2D eigenvalue weighted by molar-refractivity contribution is 0.0771. The van der Waals surface area contributed by atoms with Gasteiger partial charge in [-0.2, -0.15) is 0 Å². The van der Waals surface area contributed by atoms with Crippen LogP contribution < -0.4 is 14.2 Å². The molecule has 0 aromatic heterocycles. The van der Waals surface area contributed by atoms with Crippen molar-refractivity contribution in [3.8, 4) is 11.5 Å². The number of nitrogens with one attached hydrogen (secondary N) is 1. The first kappa shape index (κ1) is 23.6. The van der Waals surface area contributed by atoms with Crippen molar-refractivity contribution < 1.29 is 22.7 Å². The number of para-hydroxylation sites is 1. The van der Waals surface area contributed by atoms with Crippen LogP contribution in [-0.2, 0) is 10.0 Å². The van der Waals surface area contributed by atoms with E-state index in [1.165, 1.54) is 13.2 Å². The molecule has 178 valence electrons. The van der Waals surface area contributed by atoms with Crippen molar-refractivity contribution in [3.05, 3.63) is 83.4 Å². The number of amides is 1. The van der Waals surface area contributed by atoms with Crippen LogP contribution in [0.2, 0.25) is 0 Å². The Morgan fingerprint density at radius 2 is 1.82 bits per heavy atom. The predicted octanol–water partition coefficient (Wildman–Crippen LogP) is 4.41. The summed E-state index contributed by atoms with van der Waals surface area (Å²) in [5.41, 5.74) is 3.10. The molecule has 1 aliphatic heterocycles. The number of hydrogen-bond donors (Lipinski definition) is 1. The molecule has 1 aliphatic rings. The number of hydrogen-bond acceptors (Lipinski definition) is 5. The van der Waals surface area contributed by atoms with Crippen LogP contribution in [0.4, 0.5) is 5.69 Å². The van der Waals surface area contributed by atoms with Gasteiger partial charge in [-0.1, -0.05) is 35.9 Å². The summed E-state index contributed by atoms with van der Waals surface area (Å²) in [5, 5.41) is 0. The van der Waals surface area contributed by atoms with Crippen molar-refractivity contribution in [1.29, 1.82) is 0 Å². The summed E-state index contributed by atoms with van der Waals surface area (Å²) in [6, 6.07) is 19.1. The molecule has 0 spiro atoms. The van der Waals surface area contributed by atoms with E-state index in [1.807, 2.05) is 32.0 Å². The monoisotopic (exact) mass is 480 g/mol. The number of carbonyl (C=O) groups is 1. The number of sulfonamides is 1. The van der Waals surface area contributed by atoms with Gasteiger partial charge >= 0.3 is 0 Å². The van der Waals surface area contributed by atoms with E-state index in [-0.39, 0.29) is 22.7 Å². The maximum atomic E-state index is 13.0. The van der Waals surface area contributed by atoms with Gasteiger partial charge in [0.15, 0.2) is 0 Å². The number of anilines is 1. The third-order valence-corrected chi connectivity index (χ3v) is 7.22. The van der Waals surface area contributed by atoms with Gasteiger partial charge in [0.2, 0.25) is 0 Å². The fraction of sp³-hybridized carbons (Fsp3) is 0.269. The van der Waals surface area contributed by atoms with E-state index in [0.29, 0.717) is 36.5 Å². The van der Waals surface area contributed by atoms with Gasteiger partial charge in [-0.3, -0.25) is 9.52 Å². The Balaban J connectivity index is 1.43. The molecule has 34 heavy (non-hydrogen) atoms. The molecular formula is C26H28N2O5S. The van der Waals surface area contributed by atoms with E-state index < -0.39 is 10.0 Å². The largest absolute Gasteiger partial charge is 0.495 e. The molecule has 3 aromatic rings. The molecule has 1 fully saturated rings. The maximum absolute atomic E-state index is 13.0. The van der Waals surface area contributed by atoms with Crippen LogP contribution in [0.25, 0.3) is 0 Å². The molecule has 0 saturated carbocycles. The Kier molecular flexibility index (Phi) is 6.79. The summed E-state index contributed by atoms with van der Waals surface area (Å²) in [4.78, 5) is 14.9. The van der Waals surface area contributed by atoms with Crippen LogP contribution in [0.3, 0.4) is 0 Å². The topological polar surface area (TPSA) is 84.9 Å². The minimum absolute atomic E-state index is 0.00520. The Hall–Kier alpha value is -3.52. The summed E-state index contributed by atoms with van der Waals surface area (Å²) < 4.78 is 39.6. The summed E-state index contributed by atoms with van der Waals surface area (Å²) in [6.07, 6.45) is 0.531. The Morgan fingerprint density at radius 1 is 1.03 bits per heavy atom. The van der Waals surface area contributed by atoms with E-state index in [4.69, 9.17) is 9.47 Å². The minimum Gasteiger partial charge on any atom is -0.495 e. The van der Waals surface area contributed by atoms with Crippen LogP contribution in [-0.4, -0.2) is 45.5 Å². The average Bonchev–Trinajstić information content (AvgIpc) is 3.28. The van der Waals surface area contributed by atoms with Crippen LogP contribution in [0.5, 0.6) is 11.5 Å². The zero-order valence-electron chi connectivity index (χ0n) is 19.4. The molecule has 1 atom stereocenters. The molecule has 1 saturated heterocycles. The van der Waals surface area contributed by atoms with E-state index in [9.17, 15) is 13.2 Å². The van der Waals surface area contributed by atoms with E-state index in [2.05, 4.69) is 4.72 Å². The van der Waals surface area contributed by atoms with Crippen LogP contribution in [0.1, 0.15) is 27.9 Å². The highest BCUT2D eigenvalue weighted by Gasteiger charge is 2.29. The summed E-state index contributed by atoms with van der Waals surface area (Å²) >= 11 is 0. The third kappa shape index (κ3) is 5.17. The highest BCUT2D eigenvalue weighted by Crippen LogP contribution is 2.28. The number of nitrogens with zero attached hydrogens (tertiary/aromatic N) is 1. The Labute approximate surface area is 200 Å². The molecular weight excluding hydrogens is 452 g/mol. The van der Waals surface area contributed by atoms with Crippen molar-refractivity contribution in [2.24, 2.45) is 0 Å². The molecule has 0 aliphatic carbocycles. The number of rotatable bonds is 7. The lowest BCUT2D eigenvalue weighted by atomic mass is 10.0. The summed E-state index contributed by atoms with van der Waals surface area (Å²) in [5.74, 6) is 0.804. The van der Waals surface area contributed by atoms with Crippen molar-refractivity contribution >= 4 is 21.6 Å². The molecule has 8 heteroatoms. The SMILES string of the molecule is COc1ccccc1S(=O)(=O)Nc1cccc(O[C@H]2CCN(C(=O)c3cc(C)ccc3C)C2)c1. The number of carbonyl (C=O) groups excluding carboxylic acids is 1. The van der Waals surface area contributed by atoms with Gasteiger partial charge in [0, 0.05) is 24.6 Å². The van der Waals surface area contributed by atoms with E-state index >= 15 is 0 Å². The second kappa shape index (κ2) is 9.77. The Bertz CT molecular complexity index is 1310. The van der Waals surface area contributed by atoms with Gasteiger partial charge in [-0.15, -0.1) is 0 Å². The number of aryl methyl sites for hydroxylation is 2. The van der Waals surface area contributed by atoms with Crippen molar-refractivity contribution in [2.45, 2.75) is 31.3 Å². The predicted molar refractivity (Wildman–Crippen MR) is 131 cm³/mol. The number of methoxy groups -OCH3 is 1. The van der Waals surface area contributed by atoms with Crippen LogP contribution >= 0.6 is 0 Å². The first-order valence-electron chi connectivity index (χ1n) is 11.1. The first-order chi connectivity index (χ1) is 16.3. The summed E-state index contributed by atoms with van der Waals surface area (Å²) in [6.45, 7) is 5.00. The fourth-order valence-electron chi connectivity index (χ4n) is 4.02. The molecule has 3 aromatic carbocycles. The third-order valence-electron chi connectivity index (χ3n) is 5.80. The van der Waals surface area contributed by atoms with Crippen LogP contribution in [0, 0.1) is 13.8 Å². The summed E-state index contributed by atoms with van der Waals surface area (Å²) in [7, 11) is -2.41. The fourth-order valence-corrected chi connectivity index (χ4v) is 5.24. The number of ether oxygens (including phenoxy) is 2. The van der Waals surface area contributed by atoms with E-state index in [1.54, 1.807) is 47.4 Å². The molecule has 1 amide bonds. The molecule has 1 N–H and O–H groups in total. The number of benzene rings is 3. The van der Waals surface area contributed by atoms with Gasteiger partial charge in [0.05, 0.1) is 19.3 Å². The Morgan fingerprint density at radius 3 is 2.62 bits per heavy atom. The molecule has 0 unspecified atom stereocenters. The van der Waals surface area contributed by atoms with Crippen molar-refractivity contribution in [3.63, 3.8) is 0 Å². The van der Waals surface area contributed by atoms with Crippen LogP contribution in [0.15, 0.2) is 71.6 Å². The van der Waals surface area contributed by atoms with Crippen molar-refractivity contribution in [2.75, 3.05) is 24.9 Å². The van der Waals surface area contributed by atoms with Gasteiger partial charge < -0.3 is 14.4 Å². The number of likely N-dealkylation sites (tertiary alicyclic amines) is 1.